The Morgan fingerprint density at radius 1 is 1.33 bits per heavy atom. The lowest BCUT2D eigenvalue weighted by Crippen LogP contribution is -2.21. The lowest BCUT2D eigenvalue weighted by atomic mass is 10.1. The molecule has 2 N–H and O–H groups in total. The first-order chi connectivity index (χ1) is 8.79. The molecule has 0 saturated carbocycles. The number of aryl methyl sites for hydroxylation is 1. The van der Waals surface area contributed by atoms with Gasteiger partial charge >= 0.3 is 0 Å². The Kier molecular flexibility index (Phi) is 4.88. The highest BCUT2D eigenvalue weighted by Crippen LogP contribution is 2.23. The molecule has 1 atom stereocenters. The molecule has 1 aromatic carbocycles. The molecule has 1 aliphatic rings. The molecule has 0 aromatic heterocycles. The molecule has 1 unspecified atom stereocenters. The van der Waals surface area contributed by atoms with E-state index in [9.17, 15) is 0 Å². The largest absolute Gasteiger partial charge is 0.494 e. The molecular weight excluding hydrogens is 224 g/mol. The summed E-state index contributed by atoms with van der Waals surface area (Å²) in [6, 6.07) is 6.89. The molecular formula is C15H24N2O. The molecule has 18 heavy (non-hydrogen) atoms. The summed E-state index contributed by atoms with van der Waals surface area (Å²) in [6.45, 7) is 7.15. The van der Waals surface area contributed by atoms with Gasteiger partial charge in [0.05, 0.1) is 6.61 Å². The van der Waals surface area contributed by atoms with E-state index in [1.54, 1.807) is 0 Å². The first-order valence-corrected chi connectivity index (χ1v) is 7.00. The highest BCUT2D eigenvalue weighted by atomic mass is 16.5. The summed E-state index contributed by atoms with van der Waals surface area (Å²) in [6.07, 6.45) is 3.71. The molecule has 0 radical (unpaired) electrons. The van der Waals surface area contributed by atoms with Crippen LogP contribution in [-0.2, 0) is 0 Å². The SMILES string of the molecule is CCOc1ccc(NC2CCCNCC2)c(C)c1. The monoisotopic (exact) mass is 248 g/mol. The van der Waals surface area contributed by atoms with Crippen LogP contribution in [0, 0.1) is 6.92 Å². The summed E-state index contributed by atoms with van der Waals surface area (Å²) in [5, 5.41) is 7.11. The predicted octanol–water partition coefficient (Wildman–Crippen LogP) is 2.95. The molecule has 1 fully saturated rings. The number of ether oxygens (including phenoxy) is 1. The van der Waals surface area contributed by atoms with Crippen LogP contribution >= 0.6 is 0 Å². The zero-order valence-corrected chi connectivity index (χ0v) is 11.5. The molecule has 0 spiro atoms. The molecule has 3 nitrogen and oxygen atoms in total. The minimum absolute atomic E-state index is 0.594. The van der Waals surface area contributed by atoms with Crippen molar-refractivity contribution in [3.8, 4) is 5.75 Å². The van der Waals surface area contributed by atoms with Gasteiger partial charge in [0.15, 0.2) is 0 Å². The van der Waals surface area contributed by atoms with Gasteiger partial charge in [0.1, 0.15) is 5.75 Å². The van der Waals surface area contributed by atoms with Gasteiger partial charge in [0, 0.05) is 11.7 Å². The van der Waals surface area contributed by atoms with Gasteiger partial charge < -0.3 is 15.4 Å². The standard InChI is InChI=1S/C15H24N2O/c1-3-18-14-6-7-15(12(2)11-14)17-13-5-4-9-16-10-8-13/h6-7,11,13,16-17H,3-5,8-10H2,1-2H3. The Balaban J connectivity index is 1.99. The third kappa shape index (κ3) is 3.64. The van der Waals surface area contributed by atoms with Crippen LogP contribution in [0.25, 0.3) is 0 Å². The summed E-state index contributed by atoms with van der Waals surface area (Å²) in [5.41, 5.74) is 2.50. The summed E-state index contributed by atoms with van der Waals surface area (Å²) in [4.78, 5) is 0. The zero-order valence-electron chi connectivity index (χ0n) is 11.5. The van der Waals surface area contributed by atoms with Crippen molar-refractivity contribution in [3.05, 3.63) is 23.8 Å². The quantitative estimate of drug-likeness (QED) is 0.859. The molecule has 0 aliphatic carbocycles. The number of hydrogen-bond acceptors (Lipinski definition) is 3. The van der Waals surface area contributed by atoms with Gasteiger partial charge in [-0.15, -0.1) is 0 Å². The van der Waals surface area contributed by atoms with Gasteiger partial charge in [0.25, 0.3) is 0 Å². The van der Waals surface area contributed by atoms with E-state index in [0.717, 1.165) is 25.4 Å². The number of rotatable bonds is 4. The Hall–Kier alpha value is -1.22. The Labute approximate surface area is 110 Å². The van der Waals surface area contributed by atoms with Crippen molar-refractivity contribution in [3.63, 3.8) is 0 Å². The second-order valence-corrected chi connectivity index (χ2v) is 4.93. The maximum atomic E-state index is 5.51. The molecule has 0 amide bonds. The molecule has 3 heteroatoms. The Morgan fingerprint density at radius 3 is 3.00 bits per heavy atom. The van der Waals surface area contributed by atoms with Crippen molar-refractivity contribution in [2.75, 3.05) is 25.0 Å². The van der Waals surface area contributed by atoms with E-state index in [1.165, 1.54) is 30.5 Å². The number of nitrogens with one attached hydrogen (secondary N) is 2. The minimum Gasteiger partial charge on any atom is -0.494 e. The summed E-state index contributed by atoms with van der Waals surface area (Å²) in [7, 11) is 0. The average Bonchev–Trinajstić information content (AvgIpc) is 2.62. The van der Waals surface area contributed by atoms with E-state index < -0.39 is 0 Å². The third-order valence-corrected chi connectivity index (χ3v) is 3.44. The highest BCUT2D eigenvalue weighted by molar-refractivity contribution is 5.54. The van der Waals surface area contributed by atoms with E-state index in [-0.39, 0.29) is 0 Å². The topological polar surface area (TPSA) is 33.3 Å². The fourth-order valence-corrected chi connectivity index (χ4v) is 2.44. The van der Waals surface area contributed by atoms with Crippen LogP contribution in [-0.4, -0.2) is 25.7 Å². The normalized spacial score (nSPS) is 20.2. The fourth-order valence-electron chi connectivity index (χ4n) is 2.44. The number of anilines is 1. The van der Waals surface area contributed by atoms with E-state index in [0.29, 0.717) is 6.04 Å². The van der Waals surface area contributed by atoms with Gasteiger partial charge in [-0.1, -0.05) is 0 Å². The van der Waals surface area contributed by atoms with E-state index in [2.05, 4.69) is 29.7 Å². The summed E-state index contributed by atoms with van der Waals surface area (Å²) in [5.74, 6) is 0.961. The van der Waals surface area contributed by atoms with E-state index in [4.69, 9.17) is 4.74 Å². The van der Waals surface area contributed by atoms with Crippen molar-refractivity contribution in [1.29, 1.82) is 0 Å². The van der Waals surface area contributed by atoms with Crippen molar-refractivity contribution >= 4 is 5.69 Å². The van der Waals surface area contributed by atoms with Gasteiger partial charge in [-0.05, 0) is 70.0 Å². The van der Waals surface area contributed by atoms with Crippen molar-refractivity contribution in [1.82, 2.24) is 5.32 Å². The van der Waals surface area contributed by atoms with E-state index >= 15 is 0 Å². The van der Waals surface area contributed by atoms with Crippen LogP contribution in [0.3, 0.4) is 0 Å². The van der Waals surface area contributed by atoms with Gasteiger partial charge in [-0.3, -0.25) is 0 Å². The fraction of sp³-hybridized carbons (Fsp3) is 0.600. The molecule has 0 bridgehead atoms. The molecule has 1 saturated heterocycles. The van der Waals surface area contributed by atoms with Gasteiger partial charge in [-0.25, -0.2) is 0 Å². The van der Waals surface area contributed by atoms with Crippen molar-refractivity contribution < 1.29 is 4.74 Å². The van der Waals surface area contributed by atoms with Crippen molar-refractivity contribution in [2.45, 2.75) is 39.2 Å². The van der Waals surface area contributed by atoms with Crippen molar-refractivity contribution in [2.24, 2.45) is 0 Å². The molecule has 1 heterocycles. The molecule has 100 valence electrons. The number of hydrogen-bond donors (Lipinski definition) is 2. The molecule has 1 aliphatic heterocycles. The summed E-state index contributed by atoms with van der Waals surface area (Å²) >= 11 is 0. The first-order valence-electron chi connectivity index (χ1n) is 7.00. The van der Waals surface area contributed by atoms with Crippen LogP contribution in [0.1, 0.15) is 31.7 Å². The third-order valence-electron chi connectivity index (χ3n) is 3.44. The first kappa shape index (κ1) is 13.2. The smallest absolute Gasteiger partial charge is 0.119 e. The Morgan fingerprint density at radius 2 is 2.22 bits per heavy atom. The Bertz CT molecular complexity index is 371. The highest BCUT2D eigenvalue weighted by Gasteiger charge is 2.12. The summed E-state index contributed by atoms with van der Waals surface area (Å²) < 4.78 is 5.51. The van der Waals surface area contributed by atoms with Gasteiger partial charge in [0.2, 0.25) is 0 Å². The van der Waals surface area contributed by atoms with Crippen LogP contribution in [0.5, 0.6) is 5.75 Å². The van der Waals surface area contributed by atoms with Crippen LogP contribution in [0.4, 0.5) is 5.69 Å². The zero-order chi connectivity index (χ0) is 12.8. The maximum Gasteiger partial charge on any atom is 0.119 e. The van der Waals surface area contributed by atoms with E-state index in [1.807, 2.05) is 13.0 Å². The minimum atomic E-state index is 0.594. The lowest BCUT2D eigenvalue weighted by Gasteiger charge is -2.19. The van der Waals surface area contributed by atoms with Crippen LogP contribution in [0.15, 0.2) is 18.2 Å². The van der Waals surface area contributed by atoms with Crippen LogP contribution < -0.4 is 15.4 Å². The maximum absolute atomic E-state index is 5.51. The molecule has 1 aromatic rings. The number of benzene rings is 1. The predicted molar refractivity (Wildman–Crippen MR) is 76.5 cm³/mol. The second kappa shape index (κ2) is 6.64. The lowest BCUT2D eigenvalue weighted by molar-refractivity contribution is 0.340. The molecule has 2 rings (SSSR count). The average molecular weight is 248 g/mol. The van der Waals surface area contributed by atoms with Gasteiger partial charge in [-0.2, -0.15) is 0 Å². The van der Waals surface area contributed by atoms with Crippen LogP contribution in [0.2, 0.25) is 0 Å². The second-order valence-electron chi connectivity index (χ2n) is 4.93.